The van der Waals surface area contributed by atoms with Crippen molar-refractivity contribution in [2.45, 2.75) is 25.6 Å². The Morgan fingerprint density at radius 1 is 1.26 bits per heavy atom. The maximum absolute atomic E-state index is 11.7. The van der Waals surface area contributed by atoms with Crippen LogP contribution in [0.15, 0.2) is 35.5 Å². The molecule has 0 fully saturated rings. The Hall–Kier alpha value is -1.24. The molecule has 0 saturated heterocycles. The molecule has 0 unspecified atom stereocenters. The molecule has 0 saturated carbocycles. The summed E-state index contributed by atoms with van der Waals surface area (Å²) in [5.74, 6) is 0.670. The minimum absolute atomic E-state index is 0. The van der Waals surface area contributed by atoms with E-state index in [0.717, 1.165) is 29.1 Å². The number of halogens is 1. The predicted molar refractivity (Wildman–Crippen MR) is 122 cm³/mol. The number of thiazole rings is 1. The van der Waals surface area contributed by atoms with Crippen LogP contribution >= 0.6 is 35.3 Å². The third-order valence-electron chi connectivity index (χ3n) is 3.64. The van der Waals surface area contributed by atoms with E-state index in [4.69, 9.17) is 0 Å². The fourth-order valence-electron chi connectivity index (χ4n) is 2.33. The standard InChI is InChI=1S/C17H25N5O2S2.HI/c1-13-10-21-16(25-13)7-8-20-17(18-2)22-11-14-5-4-6-15(9-14)12-26(23,24)19-3;/h4-6,9-10,19H,7-8,11-12H2,1-3H3,(H2,18,20,22);1H. The minimum atomic E-state index is -3.27. The van der Waals surface area contributed by atoms with E-state index in [-0.39, 0.29) is 29.7 Å². The third-order valence-corrected chi connectivity index (χ3v) is 5.95. The summed E-state index contributed by atoms with van der Waals surface area (Å²) in [5.41, 5.74) is 1.74. The Morgan fingerprint density at radius 2 is 2.00 bits per heavy atom. The van der Waals surface area contributed by atoms with Crippen molar-refractivity contribution in [2.75, 3.05) is 20.6 Å². The van der Waals surface area contributed by atoms with E-state index in [0.29, 0.717) is 12.5 Å². The Kier molecular flexibility index (Phi) is 10.2. The largest absolute Gasteiger partial charge is 0.356 e. The smallest absolute Gasteiger partial charge is 0.215 e. The van der Waals surface area contributed by atoms with Gasteiger partial charge in [-0.3, -0.25) is 4.99 Å². The van der Waals surface area contributed by atoms with Crippen LogP contribution in [0.5, 0.6) is 0 Å². The van der Waals surface area contributed by atoms with Crippen molar-refractivity contribution in [3.8, 4) is 0 Å². The third kappa shape index (κ3) is 8.54. The Balaban J connectivity index is 0.00000364. The fraction of sp³-hybridized carbons (Fsp3) is 0.412. The Bertz CT molecular complexity index is 853. The lowest BCUT2D eigenvalue weighted by atomic mass is 10.1. The first-order chi connectivity index (χ1) is 12.4. The van der Waals surface area contributed by atoms with Crippen molar-refractivity contribution in [3.05, 3.63) is 51.5 Å². The van der Waals surface area contributed by atoms with E-state index in [2.05, 4.69) is 25.3 Å². The van der Waals surface area contributed by atoms with Crippen molar-refractivity contribution in [1.29, 1.82) is 0 Å². The topological polar surface area (TPSA) is 95.5 Å². The summed E-state index contributed by atoms with van der Waals surface area (Å²) in [5, 5.41) is 7.60. The molecule has 150 valence electrons. The first-order valence-electron chi connectivity index (χ1n) is 8.26. The van der Waals surface area contributed by atoms with Gasteiger partial charge in [-0.25, -0.2) is 18.1 Å². The molecule has 1 heterocycles. The zero-order chi connectivity index (χ0) is 19.0. The highest BCUT2D eigenvalue weighted by Gasteiger charge is 2.09. The summed E-state index contributed by atoms with van der Waals surface area (Å²) in [6, 6.07) is 7.50. The normalized spacial score (nSPS) is 11.7. The molecule has 1 aromatic heterocycles. The summed E-state index contributed by atoms with van der Waals surface area (Å²) >= 11 is 1.70. The van der Waals surface area contributed by atoms with E-state index in [1.54, 1.807) is 18.4 Å². The van der Waals surface area contributed by atoms with Gasteiger partial charge in [0.15, 0.2) is 5.96 Å². The van der Waals surface area contributed by atoms with Crippen LogP contribution in [0, 0.1) is 6.92 Å². The van der Waals surface area contributed by atoms with Gasteiger partial charge < -0.3 is 10.6 Å². The zero-order valence-corrected chi connectivity index (χ0v) is 19.6. The van der Waals surface area contributed by atoms with Crippen LogP contribution in [0.4, 0.5) is 0 Å². The highest BCUT2D eigenvalue weighted by Crippen LogP contribution is 2.11. The molecule has 0 bridgehead atoms. The average Bonchev–Trinajstić information content (AvgIpc) is 3.03. The molecule has 0 spiro atoms. The minimum Gasteiger partial charge on any atom is -0.356 e. The van der Waals surface area contributed by atoms with E-state index in [9.17, 15) is 8.42 Å². The monoisotopic (exact) mass is 523 g/mol. The second-order valence-corrected chi connectivity index (χ2v) is 9.00. The molecule has 0 radical (unpaired) electrons. The molecule has 2 aromatic rings. The summed E-state index contributed by atoms with van der Waals surface area (Å²) < 4.78 is 25.7. The van der Waals surface area contributed by atoms with Gasteiger partial charge >= 0.3 is 0 Å². The fourth-order valence-corrected chi connectivity index (χ4v) is 3.88. The van der Waals surface area contributed by atoms with Crippen molar-refractivity contribution < 1.29 is 8.42 Å². The lowest BCUT2D eigenvalue weighted by Gasteiger charge is -2.12. The first kappa shape index (κ1) is 23.8. The molecule has 0 aliphatic rings. The maximum atomic E-state index is 11.7. The van der Waals surface area contributed by atoms with Crippen molar-refractivity contribution in [2.24, 2.45) is 4.99 Å². The summed E-state index contributed by atoms with van der Waals surface area (Å²) in [6.45, 7) is 3.35. The van der Waals surface area contributed by atoms with Crippen LogP contribution in [0.1, 0.15) is 21.0 Å². The first-order valence-corrected chi connectivity index (χ1v) is 10.7. The molecule has 0 aliphatic heterocycles. The molecule has 27 heavy (non-hydrogen) atoms. The summed E-state index contributed by atoms with van der Waals surface area (Å²) in [6.07, 6.45) is 2.73. The molecular formula is C17H26IN5O2S2. The molecule has 2 rings (SSSR count). The number of nitrogens with zero attached hydrogens (tertiary/aromatic N) is 2. The van der Waals surface area contributed by atoms with Crippen LogP contribution in [0.25, 0.3) is 0 Å². The van der Waals surface area contributed by atoms with E-state index >= 15 is 0 Å². The number of nitrogens with one attached hydrogen (secondary N) is 3. The van der Waals surface area contributed by atoms with Gasteiger partial charge in [-0.2, -0.15) is 0 Å². The second-order valence-electron chi connectivity index (χ2n) is 5.75. The number of benzene rings is 1. The number of aliphatic imine (C=N–C) groups is 1. The molecule has 3 N–H and O–H groups in total. The highest BCUT2D eigenvalue weighted by molar-refractivity contribution is 14.0. The van der Waals surface area contributed by atoms with Gasteiger partial charge in [-0.1, -0.05) is 24.3 Å². The van der Waals surface area contributed by atoms with Crippen LogP contribution < -0.4 is 15.4 Å². The Labute approximate surface area is 182 Å². The molecule has 0 atom stereocenters. The average molecular weight is 523 g/mol. The van der Waals surface area contributed by atoms with Crippen LogP contribution in [-0.2, 0) is 28.7 Å². The van der Waals surface area contributed by atoms with Crippen LogP contribution in [-0.4, -0.2) is 40.0 Å². The molecule has 10 heteroatoms. The predicted octanol–water partition coefficient (Wildman–Crippen LogP) is 2.03. The molecule has 7 nitrogen and oxygen atoms in total. The van der Waals surface area contributed by atoms with Crippen molar-refractivity contribution in [1.82, 2.24) is 20.3 Å². The number of aryl methyl sites for hydroxylation is 1. The van der Waals surface area contributed by atoms with Gasteiger partial charge in [0.05, 0.1) is 10.8 Å². The van der Waals surface area contributed by atoms with Crippen LogP contribution in [0.3, 0.4) is 0 Å². The lowest BCUT2D eigenvalue weighted by Crippen LogP contribution is -2.37. The van der Waals surface area contributed by atoms with Crippen molar-refractivity contribution >= 4 is 51.3 Å². The van der Waals surface area contributed by atoms with Gasteiger partial charge in [0, 0.05) is 37.6 Å². The number of guanidine groups is 1. The highest BCUT2D eigenvalue weighted by atomic mass is 127. The lowest BCUT2D eigenvalue weighted by molar-refractivity contribution is 0.587. The number of hydrogen-bond donors (Lipinski definition) is 3. The van der Waals surface area contributed by atoms with Gasteiger partial charge in [0.25, 0.3) is 0 Å². The zero-order valence-electron chi connectivity index (χ0n) is 15.7. The molecule has 0 aliphatic carbocycles. The van der Waals surface area contributed by atoms with Gasteiger partial charge in [-0.05, 0) is 25.1 Å². The molecule has 0 amide bonds. The van der Waals surface area contributed by atoms with E-state index in [1.807, 2.05) is 37.4 Å². The molecular weight excluding hydrogens is 497 g/mol. The van der Waals surface area contributed by atoms with Crippen LogP contribution in [0.2, 0.25) is 0 Å². The van der Waals surface area contributed by atoms with Gasteiger partial charge in [0.1, 0.15) is 0 Å². The number of hydrogen-bond acceptors (Lipinski definition) is 5. The summed E-state index contributed by atoms with van der Waals surface area (Å²) in [7, 11) is -0.132. The van der Waals surface area contributed by atoms with E-state index < -0.39 is 10.0 Å². The van der Waals surface area contributed by atoms with Gasteiger partial charge in [-0.15, -0.1) is 35.3 Å². The number of aromatic nitrogens is 1. The SMILES string of the molecule is CN=C(NCCc1ncc(C)s1)NCc1cccc(CS(=O)(=O)NC)c1.I. The number of rotatable bonds is 8. The maximum Gasteiger partial charge on any atom is 0.215 e. The van der Waals surface area contributed by atoms with Crippen molar-refractivity contribution in [3.63, 3.8) is 0 Å². The van der Waals surface area contributed by atoms with Gasteiger partial charge in [0.2, 0.25) is 10.0 Å². The molecule has 1 aromatic carbocycles. The van der Waals surface area contributed by atoms with E-state index in [1.165, 1.54) is 11.9 Å². The summed E-state index contributed by atoms with van der Waals surface area (Å²) in [4.78, 5) is 9.76. The second kappa shape index (κ2) is 11.6. The Morgan fingerprint density at radius 3 is 2.63 bits per heavy atom. The quantitative estimate of drug-likeness (QED) is 0.280. The number of sulfonamides is 1.